The first-order chi connectivity index (χ1) is 14.1. The average Bonchev–Trinajstić information content (AvgIpc) is 2.76. The highest BCUT2D eigenvalue weighted by Crippen LogP contribution is 2.41. The van der Waals surface area contributed by atoms with Crippen LogP contribution < -0.4 is 10.1 Å². The Labute approximate surface area is 172 Å². The van der Waals surface area contributed by atoms with Gasteiger partial charge in [-0.1, -0.05) is 49.6 Å². The van der Waals surface area contributed by atoms with Gasteiger partial charge in [-0.2, -0.15) is 0 Å². The number of hydrogen-bond donors (Lipinski definition) is 1. The lowest BCUT2D eigenvalue weighted by Crippen LogP contribution is -2.42. The number of nitrogens with zero attached hydrogens (tertiary/aromatic N) is 1. The topological polar surface area (TPSA) is 51.2 Å². The van der Waals surface area contributed by atoms with E-state index >= 15 is 0 Å². The SMILES string of the molecule is CC(C)Oc1ccc(NC(=O)C2(c3ccccc3)CCCCC2)c2cccnc12. The Bertz CT molecular complexity index is 992. The summed E-state index contributed by atoms with van der Waals surface area (Å²) in [6.45, 7) is 3.99. The molecule has 2 aromatic carbocycles. The van der Waals surface area contributed by atoms with E-state index in [0.29, 0.717) is 0 Å². The zero-order valence-electron chi connectivity index (χ0n) is 17.2. The number of anilines is 1. The summed E-state index contributed by atoms with van der Waals surface area (Å²) in [5.74, 6) is 0.815. The van der Waals surface area contributed by atoms with Crippen LogP contribution in [0, 0.1) is 0 Å². The van der Waals surface area contributed by atoms with E-state index in [0.717, 1.165) is 53.6 Å². The van der Waals surface area contributed by atoms with Crippen molar-refractivity contribution in [1.29, 1.82) is 0 Å². The molecular formula is C25H28N2O2. The molecule has 0 aliphatic heterocycles. The molecule has 4 heteroatoms. The van der Waals surface area contributed by atoms with Crippen LogP contribution in [0.2, 0.25) is 0 Å². The number of carbonyl (C=O) groups is 1. The Morgan fingerprint density at radius 3 is 2.48 bits per heavy atom. The van der Waals surface area contributed by atoms with Crippen molar-refractivity contribution in [2.75, 3.05) is 5.32 Å². The summed E-state index contributed by atoms with van der Waals surface area (Å²) in [4.78, 5) is 18.1. The summed E-state index contributed by atoms with van der Waals surface area (Å²) < 4.78 is 5.92. The van der Waals surface area contributed by atoms with Gasteiger partial charge in [0, 0.05) is 11.6 Å². The van der Waals surface area contributed by atoms with Gasteiger partial charge in [-0.25, -0.2) is 0 Å². The summed E-state index contributed by atoms with van der Waals surface area (Å²) in [7, 11) is 0. The maximum absolute atomic E-state index is 13.6. The fourth-order valence-electron chi connectivity index (χ4n) is 4.41. The van der Waals surface area contributed by atoms with Gasteiger partial charge < -0.3 is 10.1 Å². The van der Waals surface area contributed by atoms with Crippen LogP contribution in [0.25, 0.3) is 10.9 Å². The van der Waals surface area contributed by atoms with Crippen LogP contribution in [-0.2, 0) is 10.2 Å². The first kappa shape index (κ1) is 19.4. The Kier molecular flexibility index (Phi) is 5.52. The minimum absolute atomic E-state index is 0.0595. The molecule has 1 aromatic heterocycles. The normalized spacial score (nSPS) is 16.0. The van der Waals surface area contributed by atoms with Crippen molar-refractivity contribution in [2.24, 2.45) is 0 Å². The third kappa shape index (κ3) is 3.84. The van der Waals surface area contributed by atoms with Crippen LogP contribution in [0.4, 0.5) is 5.69 Å². The molecule has 0 saturated heterocycles. The van der Waals surface area contributed by atoms with E-state index in [9.17, 15) is 4.79 Å². The molecule has 29 heavy (non-hydrogen) atoms. The molecule has 3 aromatic rings. The predicted molar refractivity (Wildman–Crippen MR) is 117 cm³/mol. The lowest BCUT2D eigenvalue weighted by atomic mass is 9.68. The zero-order valence-corrected chi connectivity index (χ0v) is 17.2. The Morgan fingerprint density at radius 1 is 1.00 bits per heavy atom. The molecule has 0 spiro atoms. The molecule has 1 aliphatic carbocycles. The van der Waals surface area contributed by atoms with E-state index in [-0.39, 0.29) is 12.0 Å². The van der Waals surface area contributed by atoms with Gasteiger partial charge >= 0.3 is 0 Å². The Morgan fingerprint density at radius 2 is 1.76 bits per heavy atom. The molecule has 0 bridgehead atoms. The van der Waals surface area contributed by atoms with Crippen LogP contribution >= 0.6 is 0 Å². The van der Waals surface area contributed by atoms with Crippen LogP contribution in [0.15, 0.2) is 60.8 Å². The van der Waals surface area contributed by atoms with Crippen molar-refractivity contribution >= 4 is 22.5 Å². The molecule has 4 rings (SSSR count). The number of amides is 1. The van der Waals surface area contributed by atoms with Gasteiger partial charge in [0.05, 0.1) is 17.2 Å². The van der Waals surface area contributed by atoms with Crippen molar-refractivity contribution in [3.63, 3.8) is 0 Å². The maximum Gasteiger partial charge on any atom is 0.235 e. The van der Waals surface area contributed by atoms with Crippen LogP contribution in [0.3, 0.4) is 0 Å². The van der Waals surface area contributed by atoms with Gasteiger partial charge in [0.2, 0.25) is 5.91 Å². The van der Waals surface area contributed by atoms with Crippen LogP contribution in [0.1, 0.15) is 51.5 Å². The molecule has 0 atom stereocenters. The predicted octanol–water partition coefficient (Wildman–Crippen LogP) is 5.86. The molecule has 1 fully saturated rings. The van der Waals surface area contributed by atoms with Crippen molar-refractivity contribution in [2.45, 2.75) is 57.5 Å². The van der Waals surface area contributed by atoms with E-state index < -0.39 is 5.41 Å². The highest BCUT2D eigenvalue weighted by Gasteiger charge is 2.41. The van der Waals surface area contributed by atoms with E-state index in [1.54, 1.807) is 6.20 Å². The second-order valence-corrected chi connectivity index (χ2v) is 8.14. The molecule has 0 radical (unpaired) electrons. The summed E-state index contributed by atoms with van der Waals surface area (Å²) in [5.41, 5.74) is 2.20. The molecule has 1 saturated carbocycles. The summed E-state index contributed by atoms with van der Waals surface area (Å²) in [6.07, 6.45) is 6.92. The van der Waals surface area contributed by atoms with E-state index in [1.807, 2.05) is 56.3 Å². The van der Waals surface area contributed by atoms with Crippen LogP contribution in [-0.4, -0.2) is 17.0 Å². The number of aromatic nitrogens is 1. The summed E-state index contributed by atoms with van der Waals surface area (Å²) >= 11 is 0. The summed E-state index contributed by atoms with van der Waals surface area (Å²) in [6, 6.07) is 17.9. The van der Waals surface area contributed by atoms with E-state index in [4.69, 9.17) is 4.74 Å². The van der Waals surface area contributed by atoms with Gasteiger partial charge in [0.15, 0.2) is 0 Å². The molecule has 1 N–H and O–H groups in total. The minimum atomic E-state index is -0.471. The first-order valence-electron chi connectivity index (χ1n) is 10.5. The second kappa shape index (κ2) is 8.24. The Balaban J connectivity index is 1.71. The molecule has 1 aliphatic rings. The number of ether oxygens (including phenoxy) is 1. The number of hydrogen-bond acceptors (Lipinski definition) is 3. The first-order valence-corrected chi connectivity index (χ1v) is 10.5. The molecule has 4 nitrogen and oxygen atoms in total. The van der Waals surface area contributed by atoms with Gasteiger partial charge in [0.25, 0.3) is 0 Å². The smallest absolute Gasteiger partial charge is 0.235 e. The van der Waals surface area contributed by atoms with Gasteiger partial charge in [-0.05, 0) is 56.5 Å². The maximum atomic E-state index is 13.6. The largest absolute Gasteiger partial charge is 0.489 e. The van der Waals surface area contributed by atoms with E-state index in [1.165, 1.54) is 6.42 Å². The number of carbonyl (C=O) groups excluding carboxylic acids is 1. The number of nitrogens with one attached hydrogen (secondary N) is 1. The molecule has 0 unspecified atom stereocenters. The fraction of sp³-hybridized carbons (Fsp3) is 0.360. The number of pyridine rings is 1. The van der Waals surface area contributed by atoms with Crippen molar-refractivity contribution in [1.82, 2.24) is 4.98 Å². The number of fused-ring (bicyclic) bond motifs is 1. The summed E-state index contributed by atoms with van der Waals surface area (Å²) in [5, 5.41) is 4.14. The van der Waals surface area contributed by atoms with Crippen molar-refractivity contribution in [3.05, 3.63) is 66.4 Å². The highest BCUT2D eigenvalue weighted by molar-refractivity contribution is 6.06. The molecular weight excluding hydrogens is 360 g/mol. The van der Waals surface area contributed by atoms with Gasteiger partial charge in [-0.3, -0.25) is 9.78 Å². The zero-order chi connectivity index (χ0) is 20.3. The van der Waals surface area contributed by atoms with Crippen LogP contribution in [0.5, 0.6) is 5.75 Å². The standard InChI is InChI=1S/C25H28N2O2/c1-18(2)29-22-14-13-21(20-12-9-17-26-23(20)22)27-24(28)25(15-7-4-8-16-25)19-10-5-3-6-11-19/h3,5-6,9-14,17-18H,4,7-8,15-16H2,1-2H3,(H,27,28). The average molecular weight is 389 g/mol. The fourth-order valence-corrected chi connectivity index (χ4v) is 4.41. The minimum Gasteiger partial charge on any atom is -0.489 e. The van der Waals surface area contributed by atoms with Gasteiger partial charge in [-0.15, -0.1) is 0 Å². The third-order valence-electron chi connectivity index (χ3n) is 5.81. The molecule has 1 amide bonds. The monoisotopic (exact) mass is 388 g/mol. The molecule has 150 valence electrons. The van der Waals surface area contributed by atoms with Crippen molar-refractivity contribution in [3.8, 4) is 5.75 Å². The quantitative estimate of drug-likeness (QED) is 0.595. The van der Waals surface area contributed by atoms with Crippen molar-refractivity contribution < 1.29 is 9.53 Å². The third-order valence-corrected chi connectivity index (χ3v) is 5.81. The van der Waals surface area contributed by atoms with E-state index in [2.05, 4.69) is 22.4 Å². The highest BCUT2D eigenvalue weighted by atomic mass is 16.5. The second-order valence-electron chi connectivity index (χ2n) is 8.14. The lowest BCUT2D eigenvalue weighted by molar-refractivity contribution is -0.122. The number of rotatable bonds is 5. The Hall–Kier alpha value is -2.88. The number of benzene rings is 2. The molecule has 1 heterocycles. The van der Waals surface area contributed by atoms with Gasteiger partial charge in [0.1, 0.15) is 11.3 Å². The lowest BCUT2D eigenvalue weighted by Gasteiger charge is -2.36.